The van der Waals surface area contributed by atoms with Gasteiger partial charge in [0.25, 0.3) is 0 Å². The minimum atomic E-state index is 0.321. The summed E-state index contributed by atoms with van der Waals surface area (Å²) >= 11 is 0. The van der Waals surface area contributed by atoms with Crippen LogP contribution in [-0.2, 0) is 0 Å². The van der Waals surface area contributed by atoms with Gasteiger partial charge in [0.05, 0.1) is 17.9 Å². The summed E-state index contributed by atoms with van der Waals surface area (Å²) in [5.41, 5.74) is 1.18. The van der Waals surface area contributed by atoms with E-state index in [1.807, 2.05) is 18.5 Å². The van der Waals surface area contributed by atoms with Gasteiger partial charge in [-0.1, -0.05) is 6.92 Å². The van der Waals surface area contributed by atoms with Gasteiger partial charge in [-0.15, -0.1) is 0 Å². The first-order chi connectivity index (χ1) is 6.83. The molecule has 2 heterocycles. The summed E-state index contributed by atoms with van der Waals surface area (Å²) in [6.45, 7) is 5.23. The predicted molar refractivity (Wildman–Crippen MR) is 58.1 cm³/mol. The summed E-state index contributed by atoms with van der Waals surface area (Å²) in [4.78, 5) is 4.14. The van der Waals surface area contributed by atoms with Crippen molar-refractivity contribution in [3.8, 4) is 0 Å². The van der Waals surface area contributed by atoms with Crippen LogP contribution in [0.4, 0.5) is 0 Å². The molecule has 1 atom stereocenters. The van der Waals surface area contributed by atoms with Crippen molar-refractivity contribution in [2.75, 3.05) is 6.54 Å². The molecule has 3 heteroatoms. The first kappa shape index (κ1) is 9.21. The highest BCUT2D eigenvalue weighted by Gasteiger charge is 2.05. The smallest absolute Gasteiger partial charge is 0.0811 e. The molecule has 2 aromatic heterocycles. The topological polar surface area (TPSA) is 29.9 Å². The van der Waals surface area contributed by atoms with Crippen molar-refractivity contribution < 1.29 is 0 Å². The van der Waals surface area contributed by atoms with E-state index in [0.29, 0.717) is 6.17 Å². The number of aromatic nitrogens is 2. The van der Waals surface area contributed by atoms with Crippen LogP contribution in [-0.4, -0.2) is 16.1 Å². The van der Waals surface area contributed by atoms with Gasteiger partial charge < -0.3 is 4.57 Å². The molecular formula is C11H15N3. The van der Waals surface area contributed by atoms with Gasteiger partial charge in [0.2, 0.25) is 0 Å². The predicted octanol–water partition coefficient (Wildman–Crippen LogP) is 2.16. The maximum Gasteiger partial charge on any atom is 0.0811 e. The van der Waals surface area contributed by atoms with Crippen LogP contribution < -0.4 is 5.32 Å². The number of rotatable bonds is 3. The van der Waals surface area contributed by atoms with Crippen LogP contribution in [0.1, 0.15) is 20.0 Å². The quantitative estimate of drug-likeness (QED) is 0.802. The Kier molecular flexibility index (Phi) is 2.50. The van der Waals surface area contributed by atoms with Gasteiger partial charge in [-0.2, -0.15) is 0 Å². The molecule has 0 radical (unpaired) electrons. The van der Waals surface area contributed by atoms with Gasteiger partial charge in [-0.05, 0) is 25.6 Å². The van der Waals surface area contributed by atoms with E-state index in [9.17, 15) is 0 Å². The fourth-order valence-corrected chi connectivity index (χ4v) is 1.73. The summed E-state index contributed by atoms with van der Waals surface area (Å²) in [5, 5.41) is 4.62. The highest BCUT2D eigenvalue weighted by molar-refractivity contribution is 5.78. The second kappa shape index (κ2) is 3.80. The Bertz CT molecular complexity index is 419. The molecule has 0 saturated carbocycles. The van der Waals surface area contributed by atoms with Gasteiger partial charge in [0.1, 0.15) is 0 Å². The fourth-order valence-electron chi connectivity index (χ4n) is 1.73. The molecule has 0 spiro atoms. The van der Waals surface area contributed by atoms with E-state index < -0.39 is 0 Å². The molecule has 74 valence electrons. The van der Waals surface area contributed by atoms with Crippen LogP contribution in [0.3, 0.4) is 0 Å². The Morgan fingerprint density at radius 3 is 3.14 bits per heavy atom. The molecule has 0 fully saturated rings. The van der Waals surface area contributed by atoms with Crippen molar-refractivity contribution in [2.45, 2.75) is 20.0 Å². The van der Waals surface area contributed by atoms with E-state index in [-0.39, 0.29) is 0 Å². The van der Waals surface area contributed by atoms with E-state index >= 15 is 0 Å². The summed E-state index contributed by atoms with van der Waals surface area (Å²) in [7, 11) is 0. The Hall–Kier alpha value is -1.35. The number of hydrogen-bond donors (Lipinski definition) is 1. The molecule has 0 aromatic carbocycles. The van der Waals surface area contributed by atoms with Crippen molar-refractivity contribution >= 4 is 10.9 Å². The molecule has 1 N–H and O–H groups in total. The van der Waals surface area contributed by atoms with Crippen molar-refractivity contribution in [3.63, 3.8) is 0 Å². The van der Waals surface area contributed by atoms with Gasteiger partial charge in [0.15, 0.2) is 0 Å². The third-order valence-corrected chi connectivity index (χ3v) is 2.44. The Morgan fingerprint density at radius 1 is 1.50 bits per heavy atom. The van der Waals surface area contributed by atoms with Gasteiger partial charge in [-0.25, -0.2) is 0 Å². The monoisotopic (exact) mass is 189 g/mol. The second-order valence-corrected chi connectivity index (χ2v) is 3.39. The normalized spacial score (nSPS) is 13.3. The second-order valence-electron chi connectivity index (χ2n) is 3.39. The van der Waals surface area contributed by atoms with Crippen LogP contribution in [0.15, 0.2) is 30.7 Å². The lowest BCUT2D eigenvalue weighted by atomic mass is 10.3. The molecule has 0 bridgehead atoms. The van der Waals surface area contributed by atoms with E-state index in [0.717, 1.165) is 6.54 Å². The largest absolute Gasteiger partial charge is 0.330 e. The fraction of sp³-hybridized carbons (Fsp3) is 0.364. The van der Waals surface area contributed by atoms with Crippen molar-refractivity contribution in [1.29, 1.82) is 0 Å². The number of pyridine rings is 1. The van der Waals surface area contributed by atoms with Crippen LogP contribution in [0.2, 0.25) is 0 Å². The van der Waals surface area contributed by atoms with Crippen molar-refractivity contribution in [1.82, 2.24) is 14.9 Å². The van der Waals surface area contributed by atoms with Crippen LogP contribution >= 0.6 is 0 Å². The van der Waals surface area contributed by atoms with Gasteiger partial charge >= 0.3 is 0 Å². The Balaban J connectivity index is 2.42. The summed E-state index contributed by atoms with van der Waals surface area (Å²) in [6.07, 6.45) is 6.15. The first-order valence-corrected chi connectivity index (χ1v) is 4.97. The van der Waals surface area contributed by atoms with Crippen LogP contribution in [0, 0.1) is 0 Å². The van der Waals surface area contributed by atoms with E-state index in [2.05, 4.69) is 41.0 Å². The number of fused-ring (bicyclic) bond motifs is 1. The molecule has 0 aliphatic rings. The summed E-state index contributed by atoms with van der Waals surface area (Å²) in [6, 6.07) is 4.15. The molecule has 3 nitrogen and oxygen atoms in total. The van der Waals surface area contributed by atoms with Gasteiger partial charge in [-0.3, -0.25) is 10.3 Å². The van der Waals surface area contributed by atoms with E-state index in [1.165, 1.54) is 10.9 Å². The Labute approximate surface area is 83.8 Å². The third kappa shape index (κ3) is 1.51. The molecule has 0 amide bonds. The number of nitrogens with zero attached hydrogens (tertiary/aromatic N) is 2. The standard InChI is InChI=1S/C11H15N3/c1-3-13-9(2)14-7-5-10-4-6-12-8-11(10)14/h4-9,13H,3H2,1-2H3. The zero-order valence-corrected chi connectivity index (χ0v) is 8.57. The Morgan fingerprint density at radius 2 is 2.36 bits per heavy atom. The molecular weight excluding hydrogens is 174 g/mol. The lowest BCUT2D eigenvalue weighted by Gasteiger charge is -2.15. The zero-order valence-electron chi connectivity index (χ0n) is 8.57. The minimum Gasteiger partial charge on any atom is -0.330 e. The molecule has 14 heavy (non-hydrogen) atoms. The van der Waals surface area contributed by atoms with E-state index in [1.54, 1.807) is 0 Å². The highest BCUT2D eigenvalue weighted by atomic mass is 15.2. The first-order valence-electron chi connectivity index (χ1n) is 4.97. The highest BCUT2D eigenvalue weighted by Crippen LogP contribution is 2.17. The van der Waals surface area contributed by atoms with Crippen LogP contribution in [0.25, 0.3) is 10.9 Å². The third-order valence-electron chi connectivity index (χ3n) is 2.44. The molecule has 0 aliphatic carbocycles. The molecule has 2 rings (SSSR count). The molecule has 1 unspecified atom stereocenters. The van der Waals surface area contributed by atoms with Crippen molar-refractivity contribution in [3.05, 3.63) is 30.7 Å². The molecule has 0 aliphatic heterocycles. The average molecular weight is 189 g/mol. The van der Waals surface area contributed by atoms with Crippen molar-refractivity contribution in [2.24, 2.45) is 0 Å². The summed E-state index contributed by atoms with van der Waals surface area (Å²) in [5.74, 6) is 0. The minimum absolute atomic E-state index is 0.321. The van der Waals surface area contributed by atoms with Crippen LogP contribution in [0.5, 0.6) is 0 Å². The maximum absolute atomic E-state index is 4.14. The zero-order chi connectivity index (χ0) is 9.97. The number of nitrogens with one attached hydrogen (secondary N) is 1. The lowest BCUT2D eigenvalue weighted by Crippen LogP contribution is -2.22. The average Bonchev–Trinajstić information content (AvgIpc) is 2.61. The van der Waals surface area contributed by atoms with E-state index in [4.69, 9.17) is 0 Å². The maximum atomic E-state index is 4.14. The summed E-state index contributed by atoms with van der Waals surface area (Å²) < 4.78 is 2.20. The van der Waals surface area contributed by atoms with Gasteiger partial charge in [0, 0.05) is 17.8 Å². The molecule has 2 aromatic rings. The lowest BCUT2D eigenvalue weighted by molar-refractivity contribution is 0.462. The SMILES string of the molecule is CCNC(C)n1ccc2ccncc21. The number of hydrogen-bond acceptors (Lipinski definition) is 2. The molecule has 0 saturated heterocycles.